The van der Waals surface area contributed by atoms with Crippen LogP contribution in [0.15, 0.2) is 48.5 Å². The molecule has 0 aromatic heterocycles. The first kappa shape index (κ1) is 18.3. The number of alkyl halides is 3. The first-order chi connectivity index (χ1) is 11.4. The number of ether oxygens (including phenoxy) is 1. The quantitative estimate of drug-likeness (QED) is 0.782. The molecule has 2 aromatic rings. The van der Waals surface area contributed by atoms with Crippen molar-refractivity contribution in [2.75, 3.05) is 7.11 Å². The molecule has 2 rings (SSSR count). The van der Waals surface area contributed by atoms with Crippen LogP contribution < -0.4 is 10.1 Å². The largest absolute Gasteiger partial charge is 0.497 e. The highest BCUT2D eigenvalue weighted by atomic mass is 19.4. The van der Waals surface area contributed by atoms with Crippen molar-refractivity contribution in [3.05, 3.63) is 65.2 Å². The molecular weight excluding hydrogens is 315 g/mol. The Morgan fingerprint density at radius 1 is 1.04 bits per heavy atom. The van der Waals surface area contributed by atoms with E-state index < -0.39 is 11.7 Å². The van der Waals surface area contributed by atoms with Gasteiger partial charge in [-0.05, 0) is 49.1 Å². The Morgan fingerprint density at radius 3 is 2.33 bits per heavy atom. The predicted molar refractivity (Wildman–Crippen MR) is 89.1 cm³/mol. The van der Waals surface area contributed by atoms with E-state index in [1.807, 2.05) is 31.2 Å². The topological polar surface area (TPSA) is 21.3 Å². The van der Waals surface area contributed by atoms with Crippen LogP contribution in [0.5, 0.6) is 5.75 Å². The van der Waals surface area contributed by atoms with Crippen LogP contribution in [0.2, 0.25) is 0 Å². The number of hydrogen-bond donors (Lipinski definition) is 1. The molecule has 0 heterocycles. The molecule has 130 valence electrons. The number of nitrogens with one attached hydrogen (secondary N) is 1. The van der Waals surface area contributed by atoms with Gasteiger partial charge in [0.25, 0.3) is 0 Å². The van der Waals surface area contributed by atoms with Gasteiger partial charge in [0.2, 0.25) is 0 Å². The van der Waals surface area contributed by atoms with Crippen molar-refractivity contribution in [2.24, 2.45) is 0 Å². The molecule has 0 fully saturated rings. The minimum Gasteiger partial charge on any atom is -0.497 e. The average molecular weight is 337 g/mol. The lowest BCUT2D eigenvalue weighted by Crippen LogP contribution is -2.27. The molecule has 5 heteroatoms. The van der Waals surface area contributed by atoms with Crippen LogP contribution >= 0.6 is 0 Å². The highest BCUT2D eigenvalue weighted by Crippen LogP contribution is 2.31. The van der Waals surface area contributed by atoms with Gasteiger partial charge in [0.05, 0.1) is 12.7 Å². The summed E-state index contributed by atoms with van der Waals surface area (Å²) in [4.78, 5) is 0. The second-order valence-electron chi connectivity index (χ2n) is 5.82. The predicted octanol–water partition coefficient (Wildman–Crippen LogP) is 4.82. The molecule has 0 radical (unpaired) electrons. The molecule has 1 atom stereocenters. The summed E-state index contributed by atoms with van der Waals surface area (Å²) in [6.45, 7) is 2.19. The molecule has 24 heavy (non-hydrogen) atoms. The molecule has 0 aliphatic carbocycles. The second-order valence-corrected chi connectivity index (χ2v) is 5.82. The van der Waals surface area contributed by atoms with Gasteiger partial charge >= 0.3 is 6.18 Å². The maximum atomic E-state index is 13.0. The number of methoxy groups -OCH3 is 1. The molecule has 0 amide bonds. The minimum atomic E-state index is -4.31. The summed E-state index contributed by atoms with van der Waals surface area (Å²) >= 11 is 0. The van der Waals surface area contributed by atoms with Crippen LogP contribution in [0.25, 0.3) is 0 Å². The lowest BCUT2D eigenvalue weighted by atomic mass is 10.0. The third kappa shape index (κ3) is 5.27. The Labute approximate surface area is 140 Å². The third-order valence-electron chi connectivity index (χ3n) is 3.99. The van der Waals surface area contributed by atoms with E-state index in [1.54, 1.807) is 13.2 Å². The van der Waals surface area contributed by atoms with Crippen molar-refractivity contribution in [1.82, 2.24) is 5.32 Å². The van der Waals surface area contributed by atoms with E-state index in [4.69, 9.17) is 4.74 Å². The Kier molecular flexibility index (Phi) is 6.26. The van der Waals surface area contributed by atoms with Crippen molar-refractivity contribution < 1.29 is 17.9 Å². The van der Waals surface area contributed by atoms with E-state index in [-0.39, 0.29) is 18.2 Å². The molecule has 1 N–H and O–H groups in total. The highest BCUT2D eigenvalue weighted by Gasteiger charge is 2.32. The van der Waals surface area contributed by atoms with Gasteiger partial charge in [-0.2, -0.15) is 13.2 Å². The normalized spacial score (nSPS) is 12.9. The lowest BCUT2D eigenvalue weighted by molar-refractivity contribution is -0.138. The van der Waals surface area contributed by atoms with Crippen molar-refractivity contribution in [3.63, 3.8) is 0 Å². The van der Waals surface area contributed by atoms with Crippen LogP contribution in [-0.4, -0.2) is 13.2 Å². The van der Waals surface area contributed by atoms with E-state index in [2.05, 4.69) is 5.32 Å². The molecule has 0 saturated carbocycles. The molecule has 0 aliphatic rings. The third-order valence-corrected chi connectivity index (χ3v) is 3.99. The molecule has 0 spiro atoms. The second kappa shape index (κ2) is 8.20. The van der Waals surface area contributed by atoms with Gasteiger partial charge in [0.1, 0.15) is 5.75 Å². The van der Waals surface area contributed by atoms with E-state index >= 15 is 0 Å². The molecule has 0 aliphatic heterocycles. The van der Waals surface area contributed by atoms with Crippen LogP contribution in [0.4, 0.5) is 13.2 Å². The summed E-state index contributed by atoms with van der Waals surface area (Å²) in [7, 11) is 1.62. The van der Waals surface area contributed by atoms with Crippen LogP contribution in [-0.2, 0) is 19.1 Å². The van der Waals surface area contributed by atoms with E-state index in [9.17, 15) is 13.2 Å². The fraction of sp³-hybridized carbons (Fsp3) is 0.368. The zero-order chi connectivity index (χ0) is 17.6. The number of halogens is 3. The lowest BCUT2D eigenvalue weighted by Gasteiger charge is -2.17. The first-order valence-electron chi connectivity index (χ1n) is 7.91. The zero-order valence-electron chi connectivity index (χ0n) is 13.9. The van der Waals surface area contributed by atoms with E-state index in [0.29, 0.717) is 0 Å². The fourth-order valence-electron chi connectivity index (χ4n) is 2.51. The monoisotopic (exact) mass is 337 g/mol. The molecular formula is C19H22F3NO. The maximum absolute atomic E-state index is 13.0. The van der Waals surface area contributed by atoms with Gasteiger partial charge in [0.15, 0.2) is 0 Å². The van der Waals surface area contributed by atoms with Gasteiger partial charge in [-0.3, -0.25) is 0 Å². The van der Waals surface area contributed by atoms with Crippen LogP contribution in [0, 0.1) is 0 Å². The molecule has 2 nitrogen and oxygen atoms in total. The SMILES string of the molecule is COc1ccc(CCC(C)NCc2ccccc2C(F)(F)F)cc1. The molecule has 0 saturated heterocycles. The standard InChI is InChI=1S/C19H22F3NO/c1-14(7-8-15-9-11-17(24-2)12-10-15)23-13-16-5-3-4-6-18(16)19(20,21)22/h3-6,9-12,14,23H,7-8,13H2,1-2H3. The Hall–Kier alpha value is -2.01. The van der Waals surface area contributed by atoms with Gasteiger partial charge < -0.3 is 10.1 Å². The summed E-state index contributed by atoms with van der Waals surface area (Å²) in [6, 6.07) is 13.6. The summed E-state index contributed by atoms with van der Waals surface area (Å²) in [6.07, 6.45) is -2.61. The number of rotatable bonds is 7. The Morgan fingerprint density at radius 2 is 1.71 bits per heavy atom. The van der Waals surface area contributed by atoms with E-state index in [1.165, 1.54) is 17.7 Å². The molecule has 1 unspecified atom stereocenters. The highest BCUT2D eigenvalue weighted by molar-refractivity contribution is 5.29. The summed E-state index contributed by atoms with van der Waals surface area (Å²) in [5, 5.41) is 3.18. The van der Waals surface area contributed by atoms with E-state index in [0.717, 1.165) is 24.7 Å². The Balaban J connectivity index is 1.86. The minimum absolute atomic E-state index is 0.119. The zero-order valence-corrected chi connectivity index (χ0v) is 13.9. The smallest absolute Gasteiger partial charge is 0.416 e. The van der Waals surface area contributed by atoms with Gasteiger partial charge in [-0.15, -0.1) is 0 Å². The van der Waals surface area contributed by atoms with Crippen molar-refractivity contribution in [1.29, 1.82) is 0 Å². The average Bonchev–Trinajstić information content (AvgIpc) is 2.58. The summed E-state index contributed by atoms with van der Waals surface area (Å²) < 4.78 is 44.0. The first-order valence-corrected chi connectivity index (χ1v) is 7.91. The number of aryl methyl sites for hydroxylation is 1. The number of hydrogen-bond acceptors (Lipinski definition) is 2. The van der Waals surface area contributed by atoms with Crippen molar-refractivity contribution in [3.8, 4) is 5.75 Å². The summed E-state index contributed by atoms with van der Waals surface area (Å²) in [5.74, 6) is 0.814. The maximum Gasteiger partial charge on any atom is 0.416 e. The fourth-order valence-corrected chi connectivity index (χ4v) is 2.51. The van der Waals surface area contributed by atoms with Gasteiger partial charge in [-0.1, -0.05) is 30.3 Å². The van der Waals surface area contributed by atoms with Gasteiger partial charge in [-0.25, -0.2) is 0 Å². The van der Waals surface area contributed by atoms with Gasteiger partial charge in [0, 0.05) is 12.6 Å². The number of benzene rings is 2. The van der Waals surface area contributed by atoms with Crippen LogP contribution in [0.1, 0.15) is 30.0 Å². The summed E-state index contributed by atoms with van der Waals surface area (Å²) in [5.41, 5.74) is 0.890. The molecule has 0 bridgehead atoms. The van der Waals surface area contributed by atoms with Crippen molar-refractivity contribution >= 4 is 0 Å². The van der Waals surface area contributed by atoms with Crippen LogP contribution in [0.3, 0.4) is 0 Å². The van der Waals surface area contributed by atoms with Crippen molar-refractivity contribution in [2.45, 2.75) is 38.5 Å². The molecule has 2 aromatic carbocycles. The Bertz CT molecular complexity index is 638.